The molecular weight excluding hydrogens is 242 g/mol. The number of azide groups is 1. The molecule has 1 amide bonds. The number of hydrogen-bond donors (Lipinski definition) is 2. The fraction of sp³-hybridized carbons (Fsp3) is 0.923. The topological polar surface area (TPSA) is 104 Å². The zero-order valence-electron chi connectivity index (χ0n) is 11.8. The van der Waals surface area contributed by atoms with Crippen LogP contribution in [0.25, 0.3) is 10.4 Å². The van der Waals surface area contributed by atoms with Crippen molar-refractivity contribution in [3.63, 3.8) is 0 Å². The molecule has 0 bridgehead atoms. The molecule has 1 aliphatic rings. The number of rotatable bonds is 7. The molecule has 0 aromatic rings. The Morgan fingerprint density at radius 1 is 1.53 bits per heavy atom. The first-order valence-corrected chi connectivity index (χ1v) is 7.20. The standard InChI is InChI=1S/C13H25N5O/c1-2-11-5-3-7-13(8-6-11,12(14)19)16-9-4-10-17-18-15/h11,16H,2-10H2,1H3,(H2,14,19). The quantitative estimate of drug-likeness (QED) is 0.243. The zero-order chi connectivity index (χ0) is 14.1. The summed E-state index contributed by atoms with van der Waals surface area (Å²) in [6.45, 7) is 3.32. The molecule has 0 spiro atoms. The van der Waals surface area contributed by atoms with Crippen molar-refractivity contribution in [2.75, 3.05) is 13.1 Å². The number of carbonyl (C=O) groups is 1. The molecular formula is C13H25N5O. The molecule has 1 saturated carbocycles. The molecule has 0 radical (unpaired) electrons. The normalized spacial score (nSPS) is 27.3. The first kappa shape index (κ1) is 15.8. The van der Waals surface area contributed by atoms with E-state index >= 15 is 0 Å². The van der Waals surface area contributed by atoms with E-state index in [0.717, 1.165) is 32.1 Å². The SMILES string of the molecule is CCC1CCCC(NCCCN=[N+]=[N-])(C(N)=O)CC1. The van der Waals surface area contributed by atoms with Crippen LogP contribution >= 0.6 is 0 Å². The number of nitrogens with one attached hydrogen (secondary N) is 1. The van der Waals surface area contributed by atoms with Gasteiger partial charge in [0.05, 0.1) is 5.54 Å². The monoisotopic (exact) mass is 267 g/mol. The summed E-state index contributed by atoms with van der Waals surface area (Å²) in [5.41, 5.74) is 13.3. The minimum Gasteiger partial charge on any atom is -0.368 e. The van der Waals surface area contributed by atoms with Crippen LogP contribution in [0.15, 0.2) is 5.11 Å². The van der Waals surface area contributed by atoms with Gasteiger partial charge in [-0.15, -0.1) is 0 Å². The second-order valence-electron chi connectivity index (χ2n) is 5.39. The van der Waals surface area contributed by atoms with E-state index in [1.165, 1.54) is 12.8 Å². The van der Waals surface area contributed by atoms with E-state index in [-0.39, 0.29) is 5.91 Å². The second-order valence-corrected chi connectivity index (χ2v) is 5.39. The minimum absolute atomic E-state index is 0.243. The lowest BCUT2D eigenvalue weighted by atomic mass is 9.88. The number of carbonyl (C=O) groups excluding carboxylic acids is 1. The number of nitrogens with two attached hydrogens (primary N) is 1. The van der Waals surface area contributed by atoms with Gasteiger partial charge < -0.3 is 11.1 Å². The van der Waals surface area contributed by atoms with Gasteiger partial charge in [0.25, 0.3) is 0 Å². The van der Waals surface area contributed by atoms with Crippen LogP contribution in [0.3, 0.4) is 0 Å². The van der Waals surface area contributed by atoms with Gasteiger partial charge >= 0.3 is 0 Å². The first-order chi connectivity index (χ1) is 9.14. The Hall–Kier alpha value is -1.26. The summed E-state index contributed by atoms with van der Waals surface area (Å²) in [4.78, 5) is 14.5. The van der Waals surface area contributed by atoms with Gasteiger partial charge in [-0.3, -0.25) is 4.79 Å². The third-order valence-corrected chi connectivity index (χ3v) is 4.21. The highest BCUT2D eigenvalue weighted by Crippen LogP contribution is 2.31. The Balaban J connectivity index is 2.53. The molecule has 1 rings (SSSR count). The lowest BCUT2D eigenvalue weighted by molar-refractivity contribution is -0.125. The van der Waals surface area contributed by atoms with Crippen LogP contribution in [0.2, 0.25) is 0 Å². The van der Waals surface area contributed by atoms with Crippen molar-refractivity contribution in [2.24, 2.45) is 16.8 Å². The highest BCUT2D eigenvalue weighted by Gasteiger charge is 2.37. The van der Waals surface area contributed by atoms with Gasteiger partial charge in [0.2, 0.25) is 5.91 Å². The van der Waals surface area contributed by atoms with Crippen LogP contribution in [0.5, 0.6) is 0 Å². The van der Waals surface area contributed by atoms with Gasteiger partial charge in [-0.05, 0) is 43.7 Å². The van der Waals surface area contributed by atoms with E-state index < -0.39 is 5.54 Å². The molecule has 0 aromatic carbocycles. The fourth-order valence-electron chi connectivity index (χ4n) is 2.85. The predicted octanol–water partition coefficient (Wildman–Crippen LogP) is 2.49. The van der Waals surface area contributed by atoms with E-state index in [1.807, 2.05) is 0 Å². The molecule has 3 N–H and O–H groups in total. The maximum absolute atomic E-state index is 11.8. The first-order valence-electron chi connectivity index (χ1n) is 7.20. The third-order valence-electron chi connectivity index (χ3n) is 4.21. The predicted molar refractivity (Wildman–Crippen MR) is 75.4 cm³/mol. The Kier molecular flexibility index (Phi) is 6.67. The summed E-state index contributed by atoms with van der Waals surface area (Å²) in [6.07, 6.45) is 6.84. The molecule has 1 aliphatic carbocycles. The molecule has 2 unspecified atom stereocenters. The summed E-state index contributed by atoms with van der Waals surface area (Å²) < 4.78 is 0. The van der Waals surface area contributed by atoms with Crippen molar-refractivity contribution in [3.05, 3.63) is 10.4 Å². The maximum Gasteiger partial charge on any atom is 0.237 e. The lowest BCUT2D eigenvalue weighted by Crippen LogP contribution is -2.55. The summed E-state index contributed by atoms with van der Waals surface area (Å²) in [5, 5.41) is 6.81. The fourth-order valence-corrected chi connectivity index (χ4v) is 2.85. The van der Waals surface area contributed by atoms with Crippen molar-refractivity contribution in [3.8, 4) is 0 Å². The number of primary amides is 1. The Morgan fingerprint density at radius 3 is 2.95 bits per heavy atom. The van der Waals surface area contributed by atoms with Gasteiger partial charge in [-0.2, -0.15) is 0 Å². The van der Waals surface area contributed by atoms with Crippen LogP contribution in [0.1, 0.15) is 51.9 Å². The molecule has 0 aliphatic heterocycles. The highest BCUT2D eigenvalue weighted by atomic mass is 16.1. The van der Waals surface area contributed by atoms with Crippen molar-refractivity contribution in [1.82, 2.24) is 5.32 Å². The minimum atomic E-state index is -0.555. The Labute approximate surface area is 114 Å². The molecule has 0 heterocycles. The molecule has 0 aromatic heterocycles. The van der Waals surface area contributed by atoms with E-state index in [9.17, 15) is 4.79 Å². The van der Waals surface area contributed by atoms with Crippen LogP contribution < -0.4 is 11.1 Å². The molecule has 6 heteroatoms. The molecule has 1 fully saturated rings. The van der Waals surface area contributed by atoms with Crippen molar-refractivity contribution >= 4 is 5.91 Å². The lowest BCUT2D eigenvalue weighted by Gasteiger charge is -2.31. The summed E-state index contributed by atoms with van der Waals surface area (Å²) in [7, 11) is 0. The molecule has 2 atom stereocenters. The number of nitrogens with zero attached hydrogens (tertiary/aromatic N) is 3. The average molecular weight is 267 g/mol. The van der Waals surface area contributed by atoms with Gasteiger partial charge in [0, 0.05) is 11.5 Å². The van der Waals surface area contributed by atoms with Gasteiger partial charge in [-0.25, -0.2) is 0 Å². The smallest absolute Gasteiger partial charge is 0.237 e. The Bertz CT molecular complexity index is 340. The largest absolute Gasteiger partial charge is 0.368 e. The Morgan fingerprint density at radius 2 is 2.32 bits per heavy atom. The molecule has 19 heavy (non-hydrogen) atoms. The second kappa shape index (κ2) is 8.02. The van der Waals surface area contributed by atoms with Gasteiger partial charge in [0.15, 0.2) is 0 Å². The maximum atomic E-state index is 11.8. The van der Waals surface area contributed by atoms with E-state index in [2.05, 4.69) is 22.3 Å². The summed E-state index contributed by atoms with van der Waals surface area (Å²) >= 11 is 0. The van der Waals surface area contributed by atoms with Crippen LogP contribution in [0.4, 0.5) is 0 Å². The van der Waals surface area contributed by atoms with Gasteiger partial charge in [-0.1, -0.05) is 31.3 Å². The van der Waals surface area contributed by atoms with Crippen molar-refractivity contribution in [1.29, 1.82) is 0 Å². The third kappa shape index (κ3) is 4.73. The van der Waals surface area contributed by atoms with E-state index in [1.54, 1.807) is 0 Å². The van der Waals surface area contributed by atoms with E-state index in [4.69, 9.17) is 11.3 Å². The highest BCUT2D eigenvalue weighted by molar-refractivity contribution is 5.84. The summed E-state index contributed by atoms with van der Waals surface area (Å²) in [5.74, 6) is 0.472. The molecule has 6 nitrogen and oxygen atoms in total. The number of hydrogen-bond acceptors (Lipinski definition) is 3. The van der Waals surface area contributed by atoms with Crippen LogP contribution in [-0.4, -0.2) is 24.5 Å². The van der Waals surface area contributed by atoms with Gasteiger partial charge in [0.1, 0.15) is 0 Å². The van der Waals surface area contributed by atoms with Crippen molar-refractivity contribution in [2.45, 2.75) is 57.4 Å². The molecule has 0 saturated heterocycles. The molecule has 108 valence electrons. The number of amides is 1. The zero-order valence-corrected chi connectivity index (χ0v) is 11.8. The average Bonchev–Trinajstić information content (AvgIpc) is 2.62. The van der Waals surface area contributed by atoms with Crippen molar-refractivity contribution < 1.29 is 4.79 Å². The van der Waals surface area contributed by atoms with Crippen LogP contribution in [-0.2, 0) is 4.79 Å². The van der Waals surface area contributed by atoms with E-state index in [0.29, 0.717) is 19.0 Å². The van der Waals surface area contributed by atoms with Crippen LogP contribution in [0, 0.1) is 5.92 Å². The summed E-state index contributed by atoms with van der Waals surface area (Å²) in [6, 6.07) is 0.